The van der Waals surface area contributed by atoms with Crippen molar-refractivity contribution in [3.63, 3.8) is 0 Å². The minimum Gasteiger partial charge on any atom is -0.464 e. The minimum absolute atomic E-state index is 0.0279. The molecule has 0 fully saturated rings. The Balaban J connectivity index is 2.18. The van der Waals surface area contributed by atoms with Crippen LogP contribution in [0.1, 0.15) is 27.9 Å². The molecule has 2 amide bonds. The van der Waals surface area contributed by atoms with Crippen molar-refractivity contribution in [2.75, 3.05) is 17.7 Å². The number of amides is 2. The third-order valence-electron chi connectivity index (χ3n) is 2.93. The number of nitrogens with zero attached hydrogens (tertiary/aromatic N) is 4. The number of esters is 1. The fourth-order valence-corrected chi connectivity index (χ4v) is 1.89. The summed E-state index contributed by atoms with van der Waals surface area (Å²) in [5.41, 5.74) is 0.192. The van der Waals surface area contributed by atoms with Gasteiger partial charge in [0, 0.05) is 33.2 Å². The molecule has 0 bridgehead atoms. The average molecular weight is 320 g/mol. The Hall–Kier alpha value is -3.17. The fraction of sp³-hybridized carbons (Fsp3) is 0.308. The Bertz CT molecular complexity index is 776. The van der Waals surface area contributed by atoms with Gasteiger partial charge < -0.3 is 15.4 Å². The summed E-state index contributed by atoms with van der Waals surface area (Å²) in [6.45, 7) is 1.37. The molecule has 0 saturated heterocycles. The first-order valence-electron chi connectivity index (χ1n) is 6.57. The third kappa shape index (κ3) is 3.54. The molecule has 23 heavy (non-hydrogen) atoms. The molecule has 2 aromatic rings. The van der Waals surface area contributed by atoms with Gasteiger partial charge in [0.1, 0.15) is 11.5 Å². The molecule has 0 aromatic carbocycles. The van der Waals surface area contributed by atoms with E-state index in [4.69, 9.17) is 0 Å². The highest BCUT2D eigenvalue weighted by molar-refractivity contribution is 6.04. The fourth-order valence-electron chi connectivity index (χ4n) is 1.89. The molecule has 2 rings (SSSR count). The number of rotatable bonds is 4. The Kier molecular flexibility index (Phi) is 4.44. The Morgan fingerprint density at radius 2 is 1.78 bits per heavy atom. The van der Waals surface area contributed by atoms with Crippen LogP contribution in [-0.2, 0) is 23.6 Å². The van der Waals surface area contributed by atoms with Crippen LogP contribution in [0.4, 0.5) is 11.6 Å². The first-order chi connectivity index (χ1) is 10.8. The molecular weight excluding hydrogens is 304 g/mol. The monoisotopic (exact) mass is 320 g/mol. The van der Waals surface area contributed by atoms with E-state index in [2.05, 4.69) is 25.6 Å². The second-order valence-corrected chi connectivity index (χ2v) is 4.70. The van der Waals surface area contributed by atoms with Crippen molar-refractivity contribution < 1.29 is 19.1 Å². The molecule has 2 N–H and O–H groups in total. The summed E-state index contributed by atoms with van der Waals surface area (Å²) >= 11 is 0. The van der Waals surface area contributed by atoms with Crippen LogP contribution in [0.2, 0.25) is 0 Å². The van der Waals surface area contributed by atoms with Crippen LogP contribution in [-0.4, -0.2) is 44.5 Å². The maximum Gasteiger partial charge on any atom is 0.358 e. The minimum atomic E-state index is -0.634. The van der Waals surface area contributed by atoms with Crippen molar-refractivity contribution in [1.82, 2.24) is 19.6 Å². The van der Waals surface area contributed by atoms with Gasteiger partial charge in [-0.15, -0.1) is 0 Å². The van der Waals surface area contributed by atoms with E-state index < -0.39 is 11.9 Å². The zero-order valence-electron chi connectivity index (χ0n) is 13.1. The largest absolute Gasteiger partial charge is 0.464 e. The smallest absolute Gasteiger partial charge is 0.358 e. The van der Waals surface area contributed by atoms with Crippen LogP contribution >= 0.6 is 0 Å². The molecule has 2 aromatic heterocycles. The number of aromatic nitrogens is 4. The summed E-state index contributed by atoms with van der Waals surface area (Å²) in [6.07, 6.45) is 0. The van der Waals surface area contributed by atoms with Crippen LogP contribution in [0.3, 0.4) is 0 Å². The highest BCUT2D eigenvalue weighted by atomic mass is 16.5. The topological polar surface area (TPSA) is 120 Å². The average Bonchev–Trinajstić information content (AvgIpc) is 3.01. The molecule has 0 spiro atoms. The highest BCUT2D eigenvalue weighted by Crippen LogP contribution is 2.15. The van der Waals surface area contributed by atoms with E-state index >= 15 is 0 Å². The van der Waals surface area contributed by atoms with Gasteiger partial charge in [0.25, 0.3) is 5.91 Å². The molecule has 0 saturated carbocycles. The van der Waals surface area contributed by atoms with Gasteiger partial charge in [-0.2, -0.15) is 10.2 Å². The molecule has 0 aliphatic rings. The van der Waals surface area contributed by atoms with Gasteiger partial charge in [-0.1, -0.05) is 0 Å². The summed E-state index contributed by atoms with van der Waals surface area (Å²) < 4.78 is 7.24. The van der Waals surface area contributed by atoms with E-state index in [0.717, 1.165) is 0 Å². The lowest BCUT2D eigenvalue weighted by Gasteiger charge is -2.01. The maximum absolute atomic E-state index is 12.2. The number of hydrogen-bond acceptors (Lipinski definition) is 6. The highest BCUT2D eigenvalue weighted by Gasteiger charge is 2.19. The third-order valence-corrected chi connectivity index (χ3v) is 2.93. The lowest BCUT2D eigenvalue weighted by Crippen LogP contribution is -2.16. The molecule has 0 unspecified atom stereocenters. The van der Waals surface area contributed by atoms with Gasteiger partial charge in [0.05, 0.1) is 7.11 Å². The molecule has 2 heterocycles. The normalized spacial score (nSPS) is 10.3. The molecule has 122 valence electrons. The van der Waals surface area contributed by atoms with E-state index in [0.29, 0.717) is 5.82 Å². The van der Waals surface area contributed by atoms with E-state index in [1.54, 1.807) is 7.05 Å². The Morgan fingerprint density at radius 1 is 1.09 bits per heavy atom. The molecular formula is C13H16N6O4. The van der Waals surface area contributed by atoms with Crippen molar-refractivity contribution in [2.24, 2.45) is 14.1 Å². The van der Waals surface area contributed by atoms with Crippen LogP contribution in [0.15, 0.2) is 12.1 Å². The first kappa shape index (κ1) is 16.2. The van der Waals surface area contributed by atoms with Gasteiger partial charge >= 0.3 is 5.97 Å². The summed E-state index contributed by atoms with van der Waals surface area (Å²) in [6, 6.07) is 2.83. The van der Waals surface area contributed by atoms with Crippen LogP contribution < -0.4 is 10.6 Å². The van der Waals surface area contributed by atoms with E-state index in [-0.39, 0.29) is 23.1 Å². The van der Waals surface area contributed by atoms with Gasteiger partial charge in [0.2, 0.25) is 5.91 Å². The molecule has 10 heteroatoms. The number of anilines is 2. The van der Waals surface area contributed by atoms with Crippen molar-refractivity contribution in [3.05, 3.63) is 23.5 Å². The summed E-state index contributed by atoms with van der Waals surface area (Å²) in [7, 11) is 4.39. The summed E-state index contributed by atoms with van der Waals surface area (Å²) in [5, 5.41) is 13.1. The standard InChI is InChI=1S/C13H16N6O4/c1-7(20)14-11-6-10(17-19(11)3)15-12(21)9-5-8(13(22)23-4)16-18(9)2/h5-6H,1-4H3,(H,14,20)(H,15,17,21). The first-order valence-corrected chi connectivity index (χ1v) is 6.57. The lowest BCUT2D eigenvalue weighted by atomic mass is 10.3. The number of ether oxygens (including phenoxy) is 1. The van der Waals surface area contributed by atoms with Crippen LogP contribution in [0.5, 0.6) is 0 Å². The van der Waals surface area contributed by atoms with Gasteiger partial charge in [-0.05, 0) is 0 Å². The summed E-state index contributed by atoms with van der Waals surface area (Å²) in [5.74, 6) is -0.691. The van der Waals surface area contributed by atoms with Crippen LogP contribution in [0.25, 0.3) is 0 Å². The van der Waals surface area contributed by atoms with Crippen molar-refractivity contribution in [3.8, 4) is 0 Å². The predicted molar refractivity (Wildman–Crippen MR) is 80.0 cm³/mol. The van der Waals surface area contributed by atoms with Crippen molar-refractivity contribution in [1.29, 1.82) is 0 Å². The number of hydrogen-bond donors (Lipinski definition) is 2. The van der Waals surface area contributed by atoms with Crippen LogP contribution in [0, 0.1) is 0 Å². The predicted octanol–water partition coefficient (Wildman–Crippen LogP) is 0.151. The summed E-state index contributed by atoms with van der Waals surface area (Å²) in [4.78, 5) is 34.7. The lowest BCUT2D eigenvalue weighted by molar-refractivity contribution is -0.114. The van der Waals surface area contributed by atoms with Gasteiger partial charge in [-0.25, -0.2) is 4.79 Å². The SMILES string of the molecule is COC(=O)c1cc(C(=O)Nc2cc(NC(C)=O)n(C)n2)n(C)n1. The van der Waals surface area contributed by atoms with E-state index in [9.17, 15) is 14.4 Å². The van der Waals surface area contributed by atoms with Crippen molar-refractivity contribution in [2.45, 2.75) is 6.92 Å². The second kappa shape index (κ2) is 6.30. The number of carbonyl (C=O) groups is 3. The zero-order valence-corrected chi connectivity index (χ0v) is 13.1. The second-order valence-electron chi connectivity index (χ2n) is 4.70. The van der Waals surface area contributed by atoms with E-state index in [1.807, 2.05) is 0 Å². The zero-order chi connectivity index (χ0) is 17.1. The number of aryl methyl sites for hydroxylation is 2. The van der Waals surface area contributed by atoms with E-state index in [1.165, 1.54) is 42.6 Å². The molecule has 0 radical (unpaired) electrons. The molecule has 0 aliphatic heterocycles. The number of nitrogens with one attached hydrogen (secondary N) is 2. The Morgan fingerprint density at radius 3 is 2.39 bits per heavy atom. The number of methoxy groups -OCH3 is 1. The van der Waals surface area contributed by atoms with Crippen molar-refractivity contribution >= 4 is 29.4 Å². The molecule has 0 atom stereocenters. The quantitative estimate of drug-likeness (QED) is 0.774. The Labute approximate surface area is 131 Å². The molecule has 10 nitrogen and oxygen atoms in total. The maximum atomic E-state index is 12.2. The van der Waals surface area contributed by atoms with Gasteiger partial charge in [-0.3, -0.25) is 19.0 Å². The molecule has 0 aliphatic carbocycles. The number of carbonyl (C=O) groups excluding carboxylic acids is 3. The van der Waals surface area contributed by atoms with Gasteiger partial charge in [0.15, 0.2) is 11.5 Å².